The van der Waals surface area contributed by atoms with Crippen molar-refractivity contribution in [2.45, 2.75) is 40.5 Å². The quantitative estimate of drug-likeness (QED) is 0.435. The van der Waals surface area contributed by atoms with Gasteiger partial charge in [-0.2, -0.15) is 0 Å². The number of ether oxygens (including phenoxy) is 1. The van der Waals surface area contributed by atoms with E-state index in [-0.39, 0.29) is 31.1 Å². The van der Waals surface area contributed by atoms with E-state index in [0.29, 0.717) is 5.69 Å². The molecule has 1 fully saturated rings. The molecule has 0 bridgehead atoms. The molecule has 0 aromatic heterocycles. The number of anilines is 1. The zero-order valence-corrected chi connectivity index (χ0v) is 16.6. The summed E-state index contributed by atoms with van der Waals surface area (Å²) in [4.78, 5) is 46.7. The second kappa shape index (κ2) is 8.95. The van der Waals surface area contributed by atoms with E-state index < -0.39 is 35.2 Å². The van der Waals surface area contributed by atoms with Gasteiger partial charge in [-0.15, -0.1) is 0 Å². The molecule has 1 aromatic rings. The lowest BCUT2D eigenvalue weighted by atomic mass is 9.88. The third-order valence-corrected chi connectivity index (χ3v) is 5.24. The van der Waals surface area contributed by atoms with E-state index in [4.69, 9.17) is 4.74 Å². The van der Waals surface area contributed by atoms with E-state index in [0.717, 1.165) is 16.7 Å². The minimum absolute atomic E-state index is 0.147. The molecule has 0 spiro atoms. The normalized spacial score (nSPS) is 21.4. The number of rotatable bonds is 7. The van der Waals surface area contributed by atoms with Gasteiger partial charge in [-0.3, -0.25) is 24.5 Å². The van der Waals surface area contributed by atoms with E-state index >= 15 is 0 Å². The summed E-state index contributed by atoms with van der Waals surface area (Å²) in [5.74, 6) is -2.69. The number of carbonyl (C=O) groups is 3. The molecule has 8 heteroatoms. The lowest BCUT2D eigenvalue weighted by Gasteiger charge is -2.17. The van der Waals surface area contributed by atoms with Gasteiger partial charge < -0.3 is 10.1 Å². The standard InChI is InChI=1S/C20H26N2O6/c1-11-5-13(3)20(14(4)6-11)21-18(24)10-28-19(25)8-15-16(9-22(26)27)12(2)7-17(15)23/h5-6,12,15-16H,7-10H2,1-4H3,(H,21,24)/t12-,15-,16-/m1/s1. The molecule has 1 saturated carbocycles. The highest BCUT2D eigenvalue weighted by Crippen LogP contribution is 2.36. The van der Waals surface area contributed by atoms with Gasteiger partial charge in [0.25, 0.3) is 5.91 Å². The van der Waals surface area contributed by atoms with Crippen molar-refractivity contribution in [1.29, 1.82) is 0 Å². The van der Waals surface area contributed by atoms with Crippen molar-refractivity contribution in [2.75, 3.05) is 18.5 Å². The summed E-state index contributed by atoms with van der Waals surface area (Å²) >= 11 is 0. The summed E-state index contributed by atoms with van der Waals surface area (Å²) in [6.07, 6.45) is -0.0134. The molecule has 0 aliphatic heterocycles. The smallest absolute Gasteiger partial charge is 0.307 e. The van der Waals surface area contributed by atoms with Gasteiger partial charge in [-0.1, -0.05) is 24.6 Å². The molecular formula is C20H26N2O6. The molecule has 0 unspecified atom stereocenters. The predicted molar refractivity (Wildman–Crippen MR) is 102 cm³/mol. The maximum atomic E-state index is 12.1. The Morgan fingerprint density at radius 3 is 2.43 bits per heavy atom. The van der Waals surface area contributed by atoms with Crippen LogP contribution in [-0.2, 0) is 19.1 Å². The van der Waals surface area contributed by atoms with Crippen molar-refractivity contribution in [3.8, 4) is 0 Å². The van der Waals surface area contributed by atoms with Gasteiger partial charge in [0.05, 0.1) is 6.42 Å². The Hall–Kier alpha value is -2.77. The highest BCUT2D eigenvalue weighted by molar-refractivity contribution is 5.94. The number of carbonyl (C=O) groups excluding carboxylic acids is 3. The second-order valence-electron chi connectivity index (χ2n) is 7.62. The molecule has 2 rings (SSSR count). The summed E-state index contributed by atoms with van der Waals surface area (Å²) in [5, 5.41) is 13.6. The van der Waals surface area contributed by atoms with Crippen molar-refractivity contribution >= 4 is 23.3 Å². The van der Waals surface area contributed by atoms with Crippen LogP contribution >= 0.6 is 0 Å². The van der Waals surface area contributed by atoms with E-state index in [2.05, 4.69) is 5.32 Å². The Balaban J connectivity index is 1.90. The molecular weight excluding hydrogens is 364 g/mol. The fraction of sp³-hybridized carbons (Fsp3) is 0.550. The van der Waals surface area contributed by atoms with Crippen molar-refractivity contribution < 1.29 is 24.0 Å². The molecule has 1 aliphatic rings. The molecule has 3 atom stereocenters. The first-order valence-corrected chi connectivity index (χ1v) is 9.26. The number of aryl methyl sites for hydroxylation is 3. The molecule has 1 N–H and O–H groups in total. The van der Waals surface area contributed by atoms with Gasteiger partial charge in [0, 0.05) is 28.9 Å². The van der Waals surface area contributed by atoms with E-state index in [1.807, 2.05) is 32.9 Å². The first kappa shape index (κ1) is 21.5. The minimum Gasteiger partial charge on any atom is -0.456 e. The van der Waals surface area contributed by atoms with Crippen molar-refractivity contribution in [3.05, 3.63) is 38.9 Å². The van der Waals surface area contributed by atoms with Crippen LogP contribution in [0.25, 0.3) is 0 Å². The van der Waals surface area contributed by atoms with Gasteiger partial charge in [0.2, 0.25) is 6.54 Å². The Bertz CT molecular complexity index is 781. The summed E-state index contributed by atoms with van der Waals surface area (Å²) < 4.78 is 5.01. The number of ketones is 1. The highest BCUT2D eigenvalue weighted by Gasteiger charge is 2.44. The average molecular weight is 390 g/mol. The SMILES string of the molecule is Cc1cc(C)c(NC(=O)COC(=O)C[C@H]2C(=O)C[C@@H](C)[C@H]2C[N+](=O)[O-])c(C)c1. The minimum atomic E-state index is -0.724. The number of Topliss-reactive ketones (excluding diaryl/α,β-unsaturated/α-hetero) is 1. The third-order valence-electron chi connectivity index (χ3n) is 5.24. The summed E-state index contributed by atoms with van der Waals surface area (Å²) in [6, 6.07) is 3.88. The molecule has 152 valence electrons. The number of hydrogen-bond acceptors (Lipinski definition) is 6. The molecule has 0 radical (unpaired) electrons. The van der Waals surface area contributed by atoms with Gasteiger partial charge >= 0.3 is 5.97 Å². The van der Waals surface area contributed by atoms with Crippen LogP contribution in [0.4, 0.5) is 5.69 Å². The Labute approximate surface area is 163 Å². The molecule has 1 aromatic carbocycles. The van der Waals surface area contributed by atoms with Crippen LogP contribution in [0.1, 0.15) is 36.5 Å². The van der Waals surface area contributed by atoms with Gasteiger partial charge in [-0.25, -0.2) is 0 Å². The molecule has 28 heavy (non-hydrogen) atoms. The topological polar surface area (TPSA) is 116 Å². The number of esters is 1. The summed E-state index contributed by atoms with van der Waals surface area (Å²) in [6.45, 7) is 6.68. The number of nitrogens with one attached hydrogen (secondary N) is 1. The number of nitrogens with zero attached hydrogens (tertiary/aromatic N) is 1. The van der Waals surface area contributed by atoms with Crippen LogP contribution in [0.5, 0.6) is 0 Å². The Morgan fingerprint density at radius 1 is 1.25 bits per heavy atom. The van der Waals surface area contributed by atoms with Crippen LogP contribution in [-0.4, -0.2) is 35.7 Å². The fourth-order valence-electron chi connectivity index (χ4n) is 3.94. The van der Waals surface area contributed by atoms with Crippen LogP contribution in [0.3, 0.4) is 0 Å². The molecule has 0 saturated heterocycles. The van der Waals surface area contributed by atoms with Crippen LogP contribution < -0.4 is 5.32 Å². The van der Waals surface area contributed by atoms with E-state index in [1.165, 1.54) is 0 Å². The average Bonchev–Trinajstić information content (AvgIpc) is 2.82. The number of nitro groups is 1. The molecule has 0 heterocycles. The van der Waals surface area contributed by atoms with Gasteiger partial charge in [-0.05, 0) is 37.8 Å². The highest BCUT2D eigenvalue weighted by atomic mass is 16.6. The first-order chi connectivity index (χ1) is 13.1. The third kappa shape index (κ3) is 5.37. The van der Waals surface area contributed by atoms with Crippen LogP contribution in [0, 0.1) is 48.6 Å². The molecule has 1 aliphatic carbocycles. The monoisotopic (exact) mass is 390 g/mol. The summed E-state index contributed by atoms with van der Waals surface area (Å²) in [7, 11) is 0. The lowest BCUT2D eigenvalue weighted by molar-refractivity contribution is -0.490. The maximum absolute atomic E-state index is 12.1. The van der Waals surface area contributed by atoms with E-state index in [1.54, 1.807) is 6.92 Å². The van der Waals surface area contributed by atoms with Gasteiger partial charge in [0.15, 0.2) is 6.61 Å². The number of amides is 1. The van der Waals surface area contributed by atoms with Crippen molar-refractivity contribution in [2.24, 2.45) is 17.8 Å². The maximum Gasteiger partial charge on any atom is 0.307 e. The predicted octanol–water partition coefficient (Wildman–Crippen LogP) is 2.60. The van der Waals surface area contributed by atoms with Gasteiger partial charge in [0.1, 0.15) is 5.78 Å². The Morgan fingerprint density at radius 2 is 1.86 bits per heavy atom. The summed E-state index contributed by atoms with van der Waals surface area (Å²) in [5.41, 5.74) is 3.58. The van der Waals surface area contributed by atoms with Crippen molar-refractivity contribution in [3.63, 3.8) is 0 Å². The number of hydrogen-bond donors (Lipinski definition) is 1. The molecule has 8 nitrogen and oxygen atoms in total. The Kier molecular flexibility index (Phi) is 6.88. The molecule has 1 amide bonds. The zero-order valence-electron chi connectivity index (χ0n) is 16.6. The number of benzene rings is 1. The van der Waals surface area contributed by atoms with E-state index in [9.17, 15) is 24.5 Å². The van der Waals surface area contributed by atoms with Crippen LogP contribution in [0.15, 0.2) is 12.1 Å². The second-order valence-corrected chi connectivity index (χ2v) is 7.62. The van der Waals surface area contributed by atoms with Crippen molar-refractivity contribution in [1.82, 2.24) is 0 Å². The van der Waals surface area contributed by atoms with Crippen LogP contribution in [0.2, 0.25) is 0 Å². The lowest BCUT2D eigenvalue weighted by Crippen LogP contribution is -2.28. The fourth-order valence-corrected chi connectivity index (χ4v) is 3.94. The largest absolute Gasteiger partial charge is 0.456 e. The first-order valence-electron chi connectivity index (χ1n) is 9.26. The zero-order chi connectivity index (χ0) is 21.0.